The van der Waals surface area contributed by atoms with Gasteiger partial charge < -0.3 is 30.9 Å². The van der Waals surface area contributed by atoms with Crippen LogP contribution >= 0.6 is 11.6 Å². The Balaban J connectivity index is 1.36. The highest BCUT2D eigenvalue weighted by atomic mass is 35.5. The number of hydrogen-bond acceptors (Lipinski definition) is 10. The van der Waals surface area contributed by atoms with E-state index in [1.165, 1.54) is 25.3 Å². The van der Waals surface area contributed by atoms with Crippen LogP contribution in [-0.4, -0.2) is 77.7 Å². The van der Waals surface area contributed by atoms with E-state index in [1.807, 2.05) is 18.7 Å². The minimum Gasteiger partial charge on any atom is -0.489 e. The third-order valence-corrected chi connectivity index (χ3v) is 11.0. The van der Waals surface area contributed by atoms with Gasteiger partial charge in [0, 0.05) is 24.7 Å². The number of carbonyl (C=O) groups excluding carboxylic acids is 1. The number of carbonyl (C=O) groups is 1. The summed E-state index contributed by atoms with van der Waals surface area (Å²) in [5.41, 5.74) is 7.54. The molecule has 3 heterocycles. The molecule has 0 aliphatic carbocycles. The number of nitrogen functional groups attached to an aromatic ring is 1. The Hall–Kier alpha value is -3.61. The molecule has 0 atom stereocenters. The lowest BCUT2D eigenvalue weighted by Crippen LogP contribution is -2.48. The highest BCUT2D eigenvalue weighted by Gasteiger charge is 2.29. The predicted molar refractivity (Wildman–Crippen MR) is 183 cm³/mol. The Morgan fingerprint density at radius 3 is 2.33 bits per heavy atom. The molecule has 1 amide bonds. The first-order chi connectivity index (χ1) is 21.9. The highest BCUT2D eigenvalue weighted by Crippen LogP contribution is 2.35. The van der Waals surface area contributed by atoms with E-state index < -0.39 is 15.1 Å². The van der Waals surface area contributed by atoms with E-state index in [2.05, 4.69) is 25.5 Å². The zero-order valence-electron chi connectivity index (χ0n) is 26.9. The van der Waals surface area contributed by atoms with Crippen LogP contribution in [0.1, 0.15) is 70.2 Å². The number of hydrogen-bond donors (Lipinski definition) is 3. The number of halogens is 1. The molecule has 0 unspecified atom stereocenters. The van der Waals surface area contributed by atoms with Gasteiger partial charge in [-0.05, 0) is 96.8 Å². The first kappa shape index (κ1) is 33.7. The van der Waals surface area contributed by atoms with Crippen molar-refractivity contribution in [2.45, 2.75) is 82.1 Å². The largest absolute Gasteiger partial charge is 0.489 e. The summed E-state index contributed by atoms with van der Waals surface area (Å²) >= 11 is 6.47. The summed E-state index contributed by atoms with van der Waals surface area (Å²) in [5, 5.41) is 5.60. The highest BCUT2D eigenvalue weighted by molar-refractivity contribution is 7.92. The van der Waals surface area contributed by atoms with Gasteiger partial charge >= 0.3 is 0 Å². The maximum Gasteiger partial charge on any atom is 0.253 e. The van der Waals surface area contributed by atoms with Crippen LogP contribution < -0.4 is 21.1 Å². The molecule has 3 aromatic rings. The van der Waals surface area contributed by atoms with Crippen LogP contribution in [0.25, 0.3) is 0 Å². The molecule has 1 aromatic heterocycles. The standard InChI is InChI=1S/C33H44ClN7O4S/c1-21(2)45-27-20-23(32(42)41-18-14-24(15-19-41)40-16-8-5-9-17-40)12-13-25(27)37-33-38-30(35)29(34)31(39-33)36-26-10-6-7-11-28(26)46(43,44)22(3)4/h6-7,10-13,20-22,24H,5,8-9,14-19H2,1-4H3,(H4,35,36,37,38,39). The summed E-state index contributed by atoms with van der Waals surface area (Å²) in [5.74, 6) is 0.682. The number of rotatable bonds is 10. The lowest BCUT2D eigenvalue weighted by atomic mass is 9.99. The van der Waals surface area contributed by atoms with Crippen LogP contribution in [0.5, 0.6) is 5.75 Å². The van der Waals surface area contributed by atoms with Crippen molar-refractivity contribution < 1.29 is 17.9 Å². The zero-order chi connectivity index (χ0) is 33.0. The second kappa shape index (κ2) is 14.4. The molecule has 4 N–H and O–H groups in total. The molecule has 13 heteroatoms. The molecule has 248 valence electrons. The molecule has 0 spiro atoms. The van der Waals surface area contributed by atoms with E-state index in [-0.39, 0.29) is 39.5 Å². The second-order valence-corrected chi connectivity index (χ2v) is 15.3. The number of amides is 1. The number of nitrogens with one attached hydrogen (secondary N) is 2. The van der Waals surface area contributed by atoms with Crippen molar-refractivity contribution >= 4 is 56.3 Å². The van der Waals surface area contributed by atoms with Gasteiger partial charge in [-0.2, -0.15) is 9.97 Å². The average molecular weight is 670 g/mol. The number of nitrogens with zero attached hydrogens (tertiary/aromatic N) is 4. The molecule has 5 rings (SSSR count). The van der Waals surface area contributed by atoms with Gasteiger partial charge in [-0.1, -0.05) is 30.2 Å². The van der Waals surface area contributed by atoms with Crippen LogP contribution in [0.15, 0.2) is 47.4 Å². The Bertz CT molecular complexity index is 1650. The molecule has 0 bridgehead atoms. The van der Waals surface area contributed by atoms with E-state index in [0.29, 0.717) is 28.7 Å². The van der Waals surface area contributed by atoms with Crippen molar-refractivity contribution in [3.8, 4) is 5.75 Å². The SMILES string of the molecule is CC(C)Oc1cc(C(=O)N2CCC(N3CCCCC3)CC2)ccc1Nc1nc(N)c(Cl)c(Nc2ccccc2S(=O)(=O)C(C)C)n1. The molecule has 0 saturated carbocycles. The third-order valence-electron chi connectivity index (χ3n) is 8.44. The van der Waals surface area contributed by atoms with E-state index >= 15 is 0 Å². The van der Waals surface area contributed by atoms with E-state index in [9.17, 15) is 13.2 Å². The van der Waals surface area contributed by atoms with Crippen LogP contribution in [0, 0.1) is 0 Å². The molecular formula is C33H44ClN7O4S. The number of para-hydroxylation sites is 1. The first-order valence-corrected chi connectivity index (χ1v) is 17.9. The number of ether oxygens (including phenoxy) is 1. The minimum absolute atomic E-state index is 0.00283. The molecule has 2 aliphatic rings. The number of piperidine rings is 2. The molecule has 0 radical (unpaired) electrons. The number of likely N-dealkylation sites (tertiary alicyclic amines) is 2. The Morgan fingerprint density at radius 1 is 0.957 bits per heavy atom. The minimum atomic E-state index is -3.60. The molecule has 46 heavy (non-hydrogen) atoms. The molecule has 11 nitrogen and oxygen atoms in total. The summed E-state index contributed by atoms with van der Waals surface area (Å²) in [6.45, 7) is 10.9. The van der Waals surface area contributed by atoms with Crippen molar-refractivity contribution in [3.05, 3.63) is 53.1 Å². The fourth-order valence-corrected chi connectivity index (χ4v) is 7.27. The van der Waals surface area contributed by atoms with Gasteiger partial charge in [0.2, 0.25) is 5.95 Å². The maximum absolute atomic E-state index is 13.6. The summed E-state index contributed by atoms with van der Waals surface area (Å²) in [4.78, 5) is 27.0. The van der Waals surface area contributed by atoms with E-state index in [1.54, 1.807) is 50.2 Å². The normalized spacial score (nSPS) is 16.5. The summed E-state index contributed by atoms with van der Waals surface area (Å²) < 4.78 is 32.1. The fraction of sp³-hybridized carbons (Fsp3) is 0.485. The van der Waals surface area contributed by atoms with Crippen molar-refractivity contribution in [1.82, 2.24) is 19.8 Å². The van der Waals surface area contributed by atoms with Crippen LogP contribution in [0.4, 0.5) is 29.0 Å². The number of aromatic nitrogens is 2. The average Bonchev–Trinajstić information content (AvgIpc) is 3.04. The third kappa shape index (κ3) is 7.67. The molecule has 2 fully saturated rings. The molecule has 2 aromatic carbocycles. The number of nitrogens with two attached hydrogens (primary N) is 1. The Morgan fingerprint density at radius 2 is 1.65 bits per heavy atom. The lowest BCUT2D eigenvalue weighted by molar-refractivity contribution is 0.0589. The Labute approximate surface area is 276 Å². The summed E-state index contributed by atoms with van der Waals surface area (Å²) in [6.07, 6.45) is 5.65. The quantitative estimate of drug-likeness (QED) is 0.226. The van der Waals surface area contributed by atoms with Crippen LogP contribution in [-0.2, 0) is 9.84 Å². The van der Waals surface area contributed by atoms with Crippen molar-refractivity contribution in [3.63, 3.8) is 0 Å². The molecular weight excluding hydrogens is 626 g/mol. The summed E-state index contributed by atoms with van der Waals surface area (Å²) in [7, 11) is -3.60. The number of benzene rings is 2. The lowest BCUT2D eigenvalue weighted by Gasteiger charge is -2.40. The van der Waals surface area contributed by atoms with Gasteiger partial charge in [0.15, 0.2) is 15.7 Å². The maximum atomic E-state index is 13.6. The first-order valence-electron chi connectivity index (χ1n) is 16.0. The van der Waals surface area contributed by atoms with Gasteiger partial charge in [-0.15, -0.1) is 0 Å². The van der Waals surface area contributed by atoms with Crippen molar-refractivity contribution in [2.75, 3.05) is 42.5 Å². The summed E-state index contributed by atoms with van der Waals surface area (Å²) in [6, 6.07) is 12.4. The van der Waals surface area contributed by atoms with Gasteiger partial charge in [0.25, 0.3) is 5.91 Å². The molecule has 2 aliphatic heterocycles. The molecule has 2 saturated heterocycles. The van der Waals surface area contributed by atoms with E-state index in [0.717, 1.165) is 39.0 Å². The van der Waals surface area contributed by atoms with Crippen molar-refractivity contribution in [1.29, 1.82) is 0 Å². The monoisotopic (exact) mass is 669 g/mol. The Kier molecular flexibility index (Phi) is 10.6. The van der Waals surface area contributed by atoms with Crippen LogP contribution in [0.3, 0.4) is 0 Å². The zero-order valence-corrected chi connectivity index (χ0v) is 28.5. The van der Waals surface area contributed by atoms with Gasteiger partial charge in [-0.3, -0.25) is 4.79 Å². The van der Waals surface area contributed by atoms with Crippen molar-refractivity contribution in [2.24, 2.45) is 0 Å². The fourth-order valence-electron chi connectivity index (χ4n) is 5.93. The predicted octanol–water partition coefficient (Wildman–Crippen LogP) is 6.26. The number of anilines is 5. The van der Waals surface area contributed by atoms with Gasteiger partial charge in [-0.25, -0.2) is 8.42 Å². The topological polar surface area (TPSA) is 143 Å². The number of sulfone groups is 1. The second-order valence-electron chi connectivity index (χ2n) is 12.4. The van der Waals surface area contributed by atoms with E-state index in [4.69, 9.17) is 22.1 Å². The van der Waals surface area contributed by atoms with Crippen LogP contribution in [0.2, 0.25) is 5.02 Å². The van der Waals surface area contributed by atoms with Gasteiger partial charge in [0.05, 0.1) is 27.6 Å². The smallest absolute Gasteiger partial charge is 0.253 e. The van der Waals surface area contributed by atoms with Gasteiger partial charge in [0.1, 0.15) is 16.6 Å².